The number of aromatic amines is 2. The summed E-state index contributed by atoms with van der Waals surface area (Å²) in [6.45, 7) is 7.89. The van der Waals surface area contributed by atoms with Crippen LogP contribution >= 0.6 is 0 Å². The number of pyridine rings is 1. The highest BCUT2D eigenvalue weighted by Crippen LogP contribution is 2.48. The fourth-order valence-corrected chi connectivity index (χ4v) is 5.75. The lowest BCUT2D eigenvalue weighted by Gasteiger charge is -2.19. The second-order valence-corrected chi connectivity index (χ2v) is 10.2. The fraction of sp³-hybridized carbons (Fsp3) is 0.500. The van der Waals surface area contributed by atoms with Crippen molar-refractivity contribution < 1.29 is 13.5 Å². The molecule has 9 nitrogen and oxygen atoms in total. The Balaban J connectivity index is 0.000000261. The Bertz CT molecular complexity index is 1550. The monoisotopic (exact) mass is 539 g/mol. The molecular weight excluding hydrogens is 504 g/mol. The van der Waals surface area contributed by atoms with Crippen molar-refractivity contribution in [2.24, 2.45) is 0 Å². The summed E-state index contributed by atoms with van der Waals surface area (Å²) in [4.78, 5) is 26.2. The van der Waals surface area contributed by atoms with Crippen molar-refractivity contribution in [2.45, 2.75) is 64.6 Å². The van der Waals surface area contributed by atoms with Gasteiger partial charge < -0.3 is 15.0 Å². The van der Waals surface area contributed by atoms with Gasteiger partial charge in [-0.2, -0.15) is 15.1 Å². The van der Waals surface area contributed by atoms with E-state index in [1.807, 2.05) is 13.0 Å². The van der Waals surface area contributed by atoms with E-state index in [4.69, 9.17) is 4.74 Å². The van der Waals surface area contributed by atoms with E-state index in [-0.39, 0.29) is 28.4 Å². The second kappa shape index (κ2) is 10.9. The van der Waals surface area contributed by atoms with Crippen molar-refractivity contribution in [2.75, 3.05) is 32.6 Å². The van der Waals surface area contributed by atoms with Crippen molar-refractivity contribution in [3.05, 3.63) is 39.6 Å². The zero-order valence-corrected chi connectivity index (χ0v) is 23.0. The Morgan fingerprint density at radius 3 is 2.64 bits per heavy atom. The number of nitrogens with one attached hydrogen (secondary N) is 3. The van der Waals surface area contributed by atoms with Gasteiger partial charge in [-0.15, -0.1) is 0 Å². The van der Waals surface area contributed by atoms with E-state index in [1.54, 1.807) is 13.2 Å². The van der Waals surface area contributed by atoms with Gasteiger partial charge in [0.05, 0.1) is 24.5 Å². The molecule has 1 saturated heterocycles. The van der Waals surface area contributed by atoms with Gasteiger partial charge in [-0.25, -0.2) is 8.78 Å². The minimum atomic E-state index is -0.619. The predicted molar refractivity (Wildman–Crippen MR) is 149 cm³/mol. The normalized spacial score (nSPS) is 19.4. The standard InChI is InChI=1S/C20H19FN6O2.C8H16FN/c1-8-6-11-10(7-23-27-11)13(12(8)9-4-5-9)16-15(21)17-14(19(28)24-16)18(22-2)26-20(25-17)29-3;1-3-8-5-7(9)6-10(8)4-2/h6-7,9H,4-5H2,1-3H3,(H,23,27)(H,24,28)(H,22,25,26);7-8H,3-6H2,1-2H3. The summed E-state index contributed by atoms with van der Waals surface area (Å²) in [6.07, 6.45) is 5.02. The number of hydrogen-bond donors (Lipinski definition) is 3. The second-order valence-electron chi connectivity index (χ2n) is 10.2. The molecule has 11 heteroatoms. The minimum absolute atomic E-state index is 0.0163. The van der Waals surface area contributed by atoms with E-state index in [1.165, 1.54) is 7.11 Å². The number of benzene rings is 1. The molecule has 2 unspecified atom stereocenters. The Hall–Kier alpha value is -3.60. The summed E-state index contributed by atoms with van der Waals surface area (Å²) in [5.41, 5.74) is 3.10. The summed E-state index contributed by atoms with van der Waals surface area (Å²) in [5.74, 6) is -0.0684. The van der Waals surface area contributed by atoms with Gasteiger partial charge in [0, 0.05) is 30.6 Å². The lowest BCUT2D eigenvalue weighted by molar-refractivity contribution is 0.251. The van der Waals surface area contributed by atoms with Gasteiger partial charge in [-0.1, -0.05) is 13.8 Å². The SMILES string of the molecule is CCC1CC(F)CN1CC.CNc1nc(OC)nc2c(F)c(-c3c(C4CC4)c(C)cc4[nH]ncc34)[nH]c(=O)c12. The van der Waals surface area contributed by atoms with Crippen LogP contribution in [-0.2, 0) is 0 Å². The van der Waals surface area contributed by atoms with E-state index < -0.39 is 17.5 Å². The summed E-state index contributed by atoms with van der Waals surface area (Å²) in [5, 5.41) is 10.7. The van der Waals surface area contributed by atoms with Crippen LogP contribution in [0.25, 0.3) is 33.1 Å². The molecule has 0 bridgehead atoms. The van der Waals surface area contributed by atoms with E-state index in [9.17, 15) is 9.18 Å². The highest BCUT2D eigenvalue weighted by Gasteiger charge is 2.32. The first-order valence-corrected chi connectivity index (χ1v) is 13.5. The van der Waals surface area contributed by atoms with Crippen molar-refractivity contribution in [3.63, 3.8) is 0 Å². The smallest absolute Gasteiger partial charge is 0.318 e. The van der Waals surface area contributed by atoms with Gasteiger partial charge in [0.1, 0.15) is 22.9 Å². The number of rotatable bonds is 6. The quantitative estimate of drug-likeness (QED) is 0.314. The molecule has 39 heavy (non-hydrogen) atoms. The molecule has 2 aliphatic rings. The van der Waals surface area contributed by atoms with Crippen LogP contribution in [0.5, 0.6) is 6.01 Å². The summed E-state index contributed by atoms with van der Waals surface area (Å²) in [6, 6.07) is 2.51. The van der Waals surface area contributed by atoms with Gasteiger partial charge in [0.25, 0.3) is 5.56 Å². The molecule has 6 rings (SSSR count). The summed E-state index contributed by atoms with van der Waals surface area (Å²) in [7, 11) is 3.00. The highest BCUT2D eigenvalue weighted by molar-refractivity contribution is 5.99. The third-order valence-electron chi connectivity index (χ3n) is 7.78. The molecule has 1 saturated carbocycles. The number of ether oxygens (including phenoxy) is 1. The van der Waals surface area contributed by atoms with Crippen LogP contribution < -0.4 is 15.6 Å². The topological polar surface area (TPSA) is 112 Å². The number of aryl methyl sites for hydroxylation is 1. The van der Waals surface area contributed by atoms with Crippen molar-refractivity contribution in [1.29, 1.82) is 0 Å². The molecule has 2 fully saturated rings. The molecule has 1 aliphatic carbocycles. The maximum atomic E-state index is 15.8. The first-order chi connectivity index (χ1) is 18.8. The van der Waals surface area contributed by atoms with E-state index in [2.05, 4.69) is 49.2 Å². The molecule has 0 radical (unpaired) electrons. The molecule has 1 aromatic carbocycles. The summed E-state index contributed by atoms with van der Waals surface area (Å²) < 4.78 is 33.7. The third-order valence-corrected chi connectivity index (χ3v) is 7.78. The van der Waals surface area contributed by atoms with Crippen molar-refractivity contribution >= 4 is 27.6 Å². The van der Waals surface area contributed by atoms with Crippen molar-refractivity contribution in [1.82, 2.24) is 30.0 Å². The molecule has 0 amide bonds. The largest absolute Gasteiger partial charge is 0.467 e. The third kappa shape index (κ3) is 4.95. The van der Waals surface area contributed by atoms with E-state index >= 15 is 4.39 Å². The number of methoxy groups -OCH3 is 1. The van der Waals surface area contributed by atoms with Crippen LogP contribution in [0.15, 0.2) is 17.1 Å². The van der Waals surface area contributed by atoms with Gasteiger partial charge in [0.15, 0.2) is 5.82 Å². The molecular formula is C28H35F2N7O2. The maximum absolute atomic E-state index is 15.8. The Labute approximate surface area is 225 Å². The number of aromatic nitrogens is 5. The molecule has 208 valence electrons. The van der Waals surface area contributed by atoms with Crippen LogP contribution in [0.4, 0.5) is 14.6 Å². The van der Waals surface area contributed by atoms with Crippen LogP contribution in [0.2, 0.25) is 0 Å². The van der Waals surface area contributed by atoms with Crippen LogP contribution in [-0.4, -0.2) is 69.5 Å². The van der Waals surface area contributed by atoms with Crippen LogP contribution in [0, 0.1) is 12.7 Å². The lowest BCUT2D eigenvalue weighted by Crippen LogP contribution is -2.28. The van der Waals surface area contributed by atoms with E-state index in [0.29, 0.717) is 24.1 Å². The fourth-order valence-electron chi connectivity index (χ4n) is 5.75. The zero-order valence-electron chi connectivity index (χ0n) is 23.0. The van der Waals surface area contributed by atoms with E-state index in [0.717, 1.165) is 54.3 Å². The number of anilines is 1. The maximum Gasteiger partial charge on any atom is 0.318 e. The zero-order chi connectivity index (χ0) is 27.8. The van der Waals surface area contributed by atoms with Gasteiger partial charge in [-0.05, 0) is 62.3 Å². The highest BCUT2D eigenvalue weighted by atomic mass is 19.1. The number of halogens is 2. The molecule has 4 heterocycles. The molecule has 4 aromatic rings. The lowest BCUT2D eigenvalue weighted by atomic mass is 9.92. The first-order valence-electron chi connectivity index (χ1n) is 13.5. The van der Waals surface area contributed by atoms with Crippen LogP contribution in [0.1, 0.15) is 56.6 Å². The Morgan fingerprint density at radius 2 is 2.03 bits per heavy atom. The minimum Gasteiger partial charge on any atom is -0.467 e. The number of likely N-dealkylation sites (tertiary alicyclic amines) is 1. The summed E-state index contributed by atoms with van der Waals surface area (Å²) >= 11 is 0. The van der Waals surface area contributed by atoms with Crippen molar-refractivity contribution in [3.8, 4) is 17.3 Å². The molecule has 3 N–H and O–H groups in total. The first kappa shape index (κ1) is 27.0. The predicted octanol–water partition coefficient (Wildman–Crippen LogP) is 5.07. The molecule has 3 aromatic heterocycles. The molecule has 2 atom stereocenters. The number of hydrogen-bond acceptors (Lipinski definition) is 7. The average molecular weight is 540 g/mol. The van der Waals surface area contributed by atoms with Gasteiger partial charge in [-0.3, -0.25) is 14.8 Å². The van der Waals surface area contributed by atoms with Crippen LogP contribution in [0.3, 0.4) is 0 Å². The van der Waals surface area contributed by atoms with Gasteiger partial charge >= 0.3 is 6.01 Å². The number of alkyl halides is 1. The Morgan fingerprint density at radius 1 is 1.26 bits per heavy atom. The number of fused-ring (bicyclic) bond motifs is 2. The van der Waals surface area contributed by atoms with Gasteiger partial charge in [0.2, 0.25) is 0 Å². The Kier molecular flexibility index (Phi) is 7.53. The molecule has 0 spiro atoms. The number of H-pyrrole nitrogens is 2. The number of nitrogens with zero attached hydrogens (tertiary/aromatic N) is 4. The molecule has 1 aliphatic heterocycles. The average Bonchev–Trinajstić information content (AvgIpc) is 3.55.